The fourth-order valence-electron chi connectivity index (χ4n) is 2.10. The number of hydrogen-bond donors (Lipinski definition) is 2. The summed E-state index contributed by atoms with van der Waals surface area (Å²) in [7, 11) is 0. The smallest absolute Gasteiger partial charge is 0.319 e. The standard InChI is InChI=1S/C14H17NO3/c1-3-10-6-4-5-9(2)11(10)15-12(16)14(7-8-14)13(17)18/h4-6H,3,7-8H2,1-2H3,(H,15,16)(H,17,18). The quantitative estimate of drug-likeness (QED) is 0.803. The second-order valence-electron chi connectivity index (χ2n) is 4.80. The van der Waals surface area contributed by atoms with Gasteiger partial charge in [0, 0.05) is 5.69 Å². The van der Waals surface area contributed by atoms with E-state index in [0.717, 1.165) is 23.2 Å². The lowest BCUT2D eigenvalue weighted by Crippen LogP contribution is -2.31. The number of hydrogen-bond acceptors (Lipinski definition) is 2. The molecule has 1 saturated carbocycles. The maximum Gasteiger partial charge on any atom is 0.319 e. The van der Waals surface area contributed by atoms with Crippen LogP contribution in [0.15, 0.2) is 18.2 Å². The van der Waals surface area contributed by atoms with Crippen molar-refractivity contribution >= 4 is 17.6 Å². The topological polar surface area (TPSA) is 66.4 Å². The van der Waals surface area contributed by atoms with Crippen LogP contribution in [-0.4, -0.2) is 17.0 Å². The van der Waals surface area contributed by atoms with Crippen LogP contribution in [0.2, 0.25) is 0 Å². The van der Waals surface area contributed by atoms with Crippen molar-refractivity contribution in [2.24, 2.45) is 5.41 Å². The first-order valence-electron chi connectivity index (χ1n) is 6.14. The van der Waals surface area contributed by atoms with E-state index in [4.69, 9.17) is 5.11 Å². The maximum atomic E-state index is 12.1. The van der Waals surface area contributed by atoms with E-state index in [2.05, 4.69) is 5.32 Å². The minimum Gasteiger partial charge on any atom is -0.480 e. The molecule has 4 heteroatoms. The molecule has 0 spiro atoms. The zero-order valence-corrected chi connectivity index (χ0v) is 10.6. The van der Waals surface area contributed by atoms with Crippen LogP contribution in [0.5, 0.6) is 0 Å². The molecule has 1 aromatic rings. The van der Waals surface area contributed by atoms with Gasteiger partial charge in [0.2, 0.25) is 5.91 Å². The van der Waals surface area contributed by atoms with Crippen LogP contribution < -0.4 is 5.32 Å². The number of carbonyl (C=O) groups is 2. The zero-order chi connectivity index (χ0) is 13.3. The van der Waals surface area contributed by atoms with Crippen LogP contribution in [-0.2, 0) is 16.0 Å². The van der Waals surface area contributed by atoms with Crippen LogP contribution in [0.1, 0.15) is 30.9 Å². The summed E-state index contributed by atoms with van der Waals surface area (Å²) in [6.45, 7) is 3.92. The number of carbonyl (C=O) groups excluding carboxylic acids is 1. The average molecular weight is 247 g/mol. The molecule has 1 fully saturated rings. The van der Waals surface area contributed by atoms with Gasteiger partial charge in [0.25, 0.3) is 0 Å². The van der Waals surface area contributed by atoms with Gasteiger partial charge in [0.1, 0.15) is 5.41 Å². The Hall–Kier alpha value is -1.84. The molecule has 1 aliphatic rings. The number of aliphatic carboxylic acids is 1. The number of carboxylic acids is 1. The molecule has 0 saturated heterocycles. The van der Waals surface area contributed by atoms with E-state index in [1.807, 2.05) is 32.0 Å². The Balaban J connectivity index is 2.25. The SMILES string of the molecule is CCc1cccc(C)c1NC(=O)C1(C(=O)O)CC1. The summed E-state index contributed by atoms with van der Waals surface area (Å²) in [4.78, 5) is 23.2. The van der Waals surface area contributed by atoms with Crippen LogP contribution >= 0.6 is 0 Å². The van der Waals surface area contributed by atoms with Gasteiger partial charge in [-0.15, -0.1) is 0 Å². The minimum atomic E-state index is -1.19. The van der Waals surface area contributed by atoms with Crippen molar-refractivity contribution in [3.05, 3.63) is 29.3 Å². The van der Waals surface area contributed by atoms with Gasteiger partial charge in [-0.2, -0.15) is 0 Å². The van der Waals surface area contributed by atoms with Crippen LogP contribution in [0.3, 0.4) is 0 Å². The highest BCUT2D eigenvalue weighted by molar-refractivity contribution is 6.11. The summed E-state index contributed by atoms with van der Waals surface area (Å²) >= 11 is 0. The van der Waals surface area contributed by atoms with Crippen molar-refractivity contribution in [2.75, 3.05) is 5.32 Å². The number of benzene rings is 1. The number of rotatable bonds is 4. The third kappa shape index (κ3) is 1.98. The van der Waals surface area contributed by atoms with Gasteiger partial charge in [0.15, 0.2) is 0 Å². The molecule has 0 bridgehead atoms. The first-order valence-corrected chi connectivity index (χ1v) is 6.14. The van der Waals surface area contributed by atoms with Gasteiger partial charge < -0.3 is 10.4 Å². The van der Waals surface area contributed by atoms with Gasteiger partial charge in [-0.3, -0.25) is 9.59 Å². The third-order valence-electron chi connectivity index (χ3n) is 3.57. The summed E-state index contributed by atoms with van der Waals surface area (Å²) in [5.41, 5.74) is 1.57. The second kappa shape index (κ2) is 4.44. The molecule has 18 heavy (non-hydrogen) atoms. The van der Waals surface area contributed by atoms with E-state index in [0.29, 0.717) is 12.8 Å². The molecule has 0 radical (unpaired) electrons. The van der Waals surface area contributed by atoms with E-state index < -0.39 is 11.4 Å². The molecular formula is C14H17NO3. The highest BCUT2D eigenvalue weighted by atomic mass is 16.4. The lowest BCUT2D eigenvalue weighted by Gasteiger charge is -2.15. The molecule has 4 nitrogen and oxygen atoms in total. The lowest BCUT2D eigenvalue weighted by molar-refractivity contribution is -0.147. The largest absolute Gasteiger partial charge is 0.480 e. The molecule has 1 aromatic carbocycles. The van der Waals surface area contributed by atoms with Gasteiger partial charge in [0.05, 0.1) is 0 Å². The Labute approximate surface area is 106 Å². The molecule has 0 aromatic heterocycles. The Bertz CT molecular complexity index is 504. The van der Waals surface area contributed by atoms with Crippen LogP contribution in [0.4, 0.5) is 5.69 Å². The van der Waals surface area contributed by atoms with Crippen molar-refractivity contribution in [3.8, 4) is 0 Å². The summed E-state index contributed by atoms with van der Waals surface area (Å²) in [6, 6.07) is 5.80. The van der Waals surface area contributed by atoms with Crippen molar-refractivity contribution in [2.45, 2.75) is 33.1 Å². The number of aryl methyl sites for hydroxylation is 2. The molecule has 0 aliphatic heterocycles. The molecule has 1 aliphatic carbocycles. The van der Waals surface area contributed by atoms with Crippen LogP contribution in [0.25, 0.3) is 0 Å². The molecule has 0 heterocycles. The predicted molar refractivity (Wildman–Crippen MR) is 68.5 cm³/mol. The number of anilines is 1. The molecule has 96 valence electrons. The number of amides is 1. The summed E-state index contributed by atoms with van der Waals surface area (Å²) in [5, 5.41) is 11.9. The summed E-state index contributed by atoms with van der Waals surface area (Å²) < 4.78 is 0. The van der Waals surface area contributed by atoms with Crippen molar-refractivity contribution in [1.29, 1.82) is 0 Å². The molecule has 1 amide bonds. The number of carboxylic acid groups (broad SMARTS) is 1. The normalized spacial score (nSPS) is 16.1. The van der Waals surface area contributed by atoms with Gasteiger partial charge in [-0.05, 0) is 37.3 Å². The van der Waals surface area contributed by atoms with Crippen molar-refractivity contribution in [1.82, 2.24) is 0 Å². The zero-order valence-electron chi connectivity index (χ0n) is 10.6. The summed E-state index contributed by atoms with van der Waals surface area (Å²) in [6.07, 6.45) is 1.67. The van der Waals surface area contributed by atoms with E-state index >= 15 is 0 Å². The number of nitrogens with one attached hydrogen (secondary N) is 1. The third-order valence-corrected chi connectivity index (χ3v) is 3.57. The highest BCUT2D eigenvalue weighted by Gasteiger charge is 2.57. The highest BCUT2D eigenvalue weighted by Crippen LogP contribution is 2.47. The fraction of sp³-hybridized carbons (Fsp3) is 0.429. The van der Waals surface area contributed by atoms with Gasteiger partial charge >= 0.3 is 5.97 Å². The fourth-order valence-corrected chi connectivity index (χ4v) is 2.10. The Morgan fingerprint density at radius 2 is 2.06 bits per heavy atom. The molecule has 2 rings (SSSR count). The first-order chi connectivity index (χ1) is 8.51. The van der Waals surface area contributed by atoms with E-state index in [-0.39, 0.29) is 5.91 Å². The Morgan fingerprint density at radius 1 is 1.39 bits per heavy atom. The average Bonchev–Trinajstić information content (AvgIpc) is 3.12. The molecular weight excluding hydrogens is 230 g/mol. The Morgan fingerprint density at radius 3 is 2.56 bits per heavy atom. The second-order valence-corrected chi connectivity index (χ2v) is 4.80. The van der Waals surface area contributed by atoms with Crippen LogP contribution in [0, 0.1) is 12.3 Å². The minimum absolute atomic E-state index is 0.390. The monoisotopic (exact) mass is 247 g/mol. The summed E-state index contributed by atoms with van der Waals surface area (Å²) in [5.74, 6) is -1.41. The molecule has 0 atom stereocenters. The molecule has 0 unspecified atom stereocenters. The molecule has 2 N–H and O–H groups in total. The van der Waals surface area contributed by atoms with Crippen molar-refractivity contribution < 1.29 is 14.7 Å². The van der Waals surface area contributed by atoms with E-state index in [1.165, 1.54) is 0 Å². The maximum absolute atomic E-state index is 12.1. The van der Waals surface area contributed by atoms with E-state index in [9.17, 15) is 9.59 Å². The van der Waals surface area contributed by atoms with Gasteiger partial charge in [-0.25, -0.2) is 0 Å². The van der Waals surface area contributed by atoms with Crippen molar-refractivity contribution in [3.63, 3.8) is 0 Å². The van der Waals surface area contributed by atoms with E-state index in [1.54, 1.807) is 0 Å². The predicted octanol–water partition coefficient (Wildman–Crippen LogP) is 2.36. The Kier molecular flexibility index (Phi) is 3.11. The first kappa shape index (κ1) is 12.6. The lowest BCUT2D eigenvalue weighted by atomic mass is 10.0. The van der Waals surface area contributed by atoms with Gasteiger partial charge in [-0.1, -0.05) is 25.1 Å². The number of para-hydroxylation sites is 1.